The van der Waals surface area contributed by atoms with Crippen molar-refractivity contribution in [2.45, 2.75) is 38.3 Å². The molecule has 0 heterocycles. The monoisotopic (exact) mass is 263 g/mol. The Hall–Kier alpha value is -1.55. The summed E-state index contributed by atoms with van der Waals surface area (Å²) in [4.78, 5) is 11.3. The molecule has 104 valence electrons. The van der Waals surface area contributed by atoms with Crippen LogP contribution in [0, 0.1) is 0 Å². The molecule has 4 nitrogen and oxygen atoms in total. The van der Waals surface area contributed by atoms with Crippen molar-refractivity contribution in [3.63, 3.8) is 0 Å². The van der Waals surface area contributed by atoms with Crippen LogP contribution >= 0.6 is 0 Å². The van der Waals surface area contributed by atoms with E-state index in [4.69, 9.17) is 4.74 Å². The fourth-order valence-electron chi connectivity index (χ4n) is 2.58. The van der Waals surface area contributed by atoms with Crippen molar-refractivity contribution in [2.24, 2.45) is 0 Å². The summed E-state index contributed by atoms with van der Waals surface area (Å²) >= 11 is 0. The van der Waals surface area contributed by atoms with E-state index in [0.29, 0.717) is 6.04 Å². The van der Waals surface area contributed by atoms with Crippen molar-refractivity contribution in [1.82, 2.24) is 5.32 Å². The predicted molar refractivity (Wildman–Crippen MR) is 73.3 cm³/mol. The van der Waals surface area contributed by atoms with Gasteiger partial charge in [-0.3, -0.25) is 0 Å². The zero-order valence-corrected chi connectivity index (χ0v) is 11.7. The Kier molecular flexibility index (Phi) is 4.43. The van der Waals surface area contributed by atoms with Crippen LogP contribution in [0.3, 0.4) is 0 Å². The van der Waals surface area contributed by atoms with Gasteiger partial charge >= 0.3 is 5.97 Å². The van der Waals surface area contributed by atoms with E-state index < -0.39 is 6.10 Å². The molecule has 2 atom stereocenters. The molecule has 0 spiro atoms. The number of esters is 1. The minimum atomic E-state index is -0.577. The van der Waals surface area contributed by atoms with E-state index in [1.165, 1.54) is 31.1 Å². The van der Waals surface area contributed by atoms with Crippen LogP contribution in [-0.2, 0) is 16.0 Å². The fourth-order valence-corrected chi connectivity index (χ4v) is 2.58. The van der Waals surface area contributed by atoms with Crippen molar-refractivity contribution in [3.05, 3.63) is 29.3 Å². The normalized spacial score (nSPS) is 19.4. The van der Waals surface area contributed by atoms with E-state index in [2.05, 4.69) is 16.1 Å². The van der Waals surface area contributed by atoms with Gasteiger partial charge in [-0.25, -0.2) is 4.79 Å². The molecule has 0 radical (unpaired) electrons. The van der Waals surface area contributed by atoms with Gasteiger partial charge in [-0.1, -0.05) is 6.07 Å². The molecule has 1 aliphatic carbocycles. The van der Waals surface area contributed by atoms with E-state index in [1.54, 1.807) is 6.92 Å². The number of benzene rings is 1. The van der Waals surface area contributed by atoms with Crippen molar-refractivity contribution >= 4 is 5.97 Å². The smallest absolute Gasteiger partial charge is 0.346 e. The van der Waals surface area contributed by atoms with E-state index in [9.17, 15) is 4.79 Å². The molecule has 2 rings (SSSR count). The highest BCUT2D eigenvalue weighted by atomic mass is 16.6. The van der Waals surface area contributed by atoms with Crippen LogP contribution in [0.2, 0.25) is 0 Å². The van der Waals surface area contributed by atoms with E-state index in [1.807, 2.05) is 19.2 Å². The number of methoxy groups -OCH3 is 1. The molecular weight excluding hydrogens is 242 g/mol. The first-order valence-corrected chi connectivity index (χ1v) is 6.70. The molecule has 4 heteroatoms. The zero-order chi connectivity index (χ0) is 13.8. The average Bonchev–Trinajstić information content (AvgIpc) is 2.45. The summed E-state index contributed by atoms with van der Waals surface area (Å²) in [5.74, 6) is 0.374. The second-order valence-electron chi connectivity index (χ2n) is 4.88. The molecule has 0 aliphatic heterocycles. The number of hydrogen-bond donors (Lipinski definition) is 1. The highest BCUT2D eigenvalue weighted by molar-refractivity contribution is 5.74. The SMILES string of the molecule is CNC1CCCc2cc(OC(C)C(=O)OC)ccc21. The summed E-state index contributed by atoms with van der Waals surface area (Å²) in [5, 5.41) is 3.33. The maximum absolute atomic E-state index is 11.3. The predicted octanol–water partition coefficient (Wildman–Crippen LogP) is 2.22. The summed E-state index contributed by atoms with van der Waals surface area (Å²) in [6.07, 6.45) is 2.83. The van der Waals surface area contributed by atoms with Crippen LogP contribution in [0.25, 0.3) is 0 Å². The number of aryl methyl sites for hydroxylation is 1. The third kappa shape index (κ3) is 3.07. The summed E-state index contributed by atoms with van der Waals surface area (Å²) in [6.45, 7) is 1.70. The maximum Gasteiger partial charge on any atom is 0.346 e. The lowest BCUT2D eigenvalue weighted by Crippen LogP contribution is -2.25. The Labute approximate surface area is 114 Å². The van der Waals surface area contributed by atoms with Gasteiger partial charge in [0.1, 0.15) is 5.75 Å². The molecule has 1 aromatic carbocycles. The number of ether oxygens (including phenoxy) is 2. The summed E-state index contributed by atoms with van der Waals surface area (Å²) < 4.78 is 10.3. The Morgan fingerprint density at radius 3 is 2.95 bits per heavy atom. The number of rotatable bonds is 4. The molecule has 0 saturated heterocycles. The second-order valence-corrected chi connectivity index (χ2v) is 4.88. The average molecular weight is 263 g/mol. The Balaban J connectivity index is 2.15. The molecule has 0 fully saturated rings. The Morgan fingerprint density at radius 1 is 1.47 bits per heavy atom. The number of nitrogens with one attached hydrogen (secondary N) is 1. The van der Waals surface area contributed by atoms with Gasteiger partial charge in [0, 0.05) is 6.04 Å². The number of carbonyl (C=O) groups is 1. The van der Waals surface area contributed by atoms with Crippen LogP contribution in [0.5, 0.6) is 5.75 Å². The summed E-state index contributed by atoms with van der Waals surface area (Å²) in [5.41, 5.74) is 2.65. The van der Waals surface area contributed by atoms with Gasteiger partial charge < -0.3 is 14.8 Å². The van der Waals surface area contributed by atoms with E-state index in [-0.39, 0.29) is 5.97 Å². The molecule has 0 aromatic heterocycles. The van der Waals surface area contributed by atoms with Gasteiger partial charge in [-0.2, -0.15) is 0 Å². The lowest BCUT2D eigenvalue weighted by atomic mass is 9.87. The molecule has 1 N–H and O–H groups in total. The highest BCUT2D eigenvalue weighted by Crippen LogP contribution is 2.32. The lowest BCUT2D eigenvalue weighted by Gasteiger charge is -2.26. The minimum Gasteiger partial charge on any atom is -0.479 e. The molecule has 1 aromatic rings. The van der Waals surface area contributed by atoms with Gasteiger partial charge in [0.2, 0.25) is 0 Å². The van der Waals surface area contributed by atoms with Gasteiger partial charge in [0.15, 0.2) is 6.10 Å². The Morgan fingerprint density at radius 2 is 2.26 bits per heavy atom. The van der Waals surface area contributed by atoms with Crippen LogP contribution < -0.4 is 10.1 Å². The molecule has 0 saturated carbocycles. The molecule has 1 aliphatic rings. The van der Waals surface area contributed by atoms with Crippen molar-refractivity contribution < 1.29 is 14.3 Å². The maximum atomic E-state index is 11.3. The van der Waals surface area contributed by atoms with Gasteiger partial charge in [0.05, 0.1) is 7.11 Å². The summed E-state index contributed by atoms with van der Waals surface area (Å²) in [7, 11) is 3.36. The van der Waals surface area contributed by atoms with E-state index >= 15 is 0 Å². The highest BCUT2D eigenvalue weighted by Gasteiger charge is 2.20. The lowest BCUT2D eigenvalue weighted by molar-refractivity contribution is -0.147. The molecule has 2 unspecified atom stereocenters. The summed E-state index contributed by atoms with van der Waals surface area (Å²) in [6, 6.07) is 6.48. The fraction of sp³-hybridized carbons (Fsp3) is 0.533. The van der Waals surface area contributed by atoms with Crippen molar-refractivity contribution in [3.8, 4) is 5.75 Å². The van der Waals surface area contributed by atoms with Crippen molar-refractivity contribution in [1.29, 1.82) is 0 Å². The van der Waals surface area contributed by atoms with Gasteiger partial charge in [-0.15, -0.1) is 0 Å². The Bertz CT molecular complexity index is 459. The number of carbonyl (C=O) groups excluding carboxylic acids is 1. The molecular formula is C15H21NO3. The first kappa shape index (κ1) is 13.9. The number of hydrogen-bond acceptors (Lipinski definition) is 4. The van der Waals surface area contributed by atoms with Gasteiger partial charge in [-0.05, 0) is 56.5 Å². The van der Waals surface area contributed by atoms with Crippen molar-refractivity contribution in [2.75, 3.05) is 14.2 Å². The second kappa shape index (κ2) is 6.06. The topological polar surface area (TPSA) is 47.6 Å². The largest absolute Gasteiger partial charge is 0.479 e. The van der Waals surface area contributed by atoms with Crippen LogP contribution in [0.4, 0.5) is 0 Å². The van der Waals surface area contributed by atoms with E-state index in [0.717, 1.165) is 12.2 Å². The molecule has 19 heavy (non-hydrogen) atoms. The first-order valence-electron chi connectivity index (χ1n) is 6.70. The molecule has 0 bridgehead atoms. The van der Waals surface area contributed by atoms with Crippen LogP contribution in [0.1, 0.15) is 36.9 Å². The third-order valence-electron chi connectivity index (χ3n) is 3.62. The third-order valence-corrected chi connectivity index (χ3v) is 3.62. The molecule has 0 amide bonds. The number of fused-ring (bicyclic) bond motifs is 1. The first-order chi connectivity index (χ1) is 9.15. The quantitative estimate of drug-likeness (QED) is 0.846. The van der Waals surface area contributed by atoms with Crippen LogP contribution in [-0.4, -0.2) is 26.2 Å². The minimum absolute atomic E-state index is 0.356. The van der Waals surface area contributed by atoms with Gasteiger partial charge in [0.25, 0.3) is 0 Å². The standard InChI is InChI=1S/C15H21NO3/c1-10(15(17)18-3)19-12-7-8-13-11(9-12)5-4-6-14(13)16-2/h7-10,14,16H,4-6H2,1-3H3. The van der Waals surface area contributed by atoms with Crippen LogP contribution in [0.15, 0.2) is 18.2 Å². The zero-order valence-electron chi connectivity index (χ0n) is 11.7.